The number of sulfonamides is 1. The van der Waals surface area contributed by atoms with Gasteiger partial charge in [-0.3, -0.25) is 4.79 Å². The Bertz CT molecular complexity index is 954. The molecule has 1 aliphatic heterocycles. The van der Waals surface area contributed by atoms with Gasteiger partial charge in [0.05, 0.1) is 5.56 Å². The van der Waals surface area contributed by atoms with Crippen LogP contribution in [0.2, 0.25) is 0 Å². The van der Waals surface area contributed by atoms with Gasteiger partial charge >= 0.3 is 0 Å². The van der Waals surface area contributed by atoms with Crippen LogP contribution >= 0.6 is 0 Å². The van der Waals surface area contributed by atoms with E-state index in [4.69, 9.17) is 0 Å². The van der Waals surface area contributed by atoms with E-state index < -0.39 is 27.6 Å². The van der Waals surface area contributed by atoms with Crippen LogP contribution in [0, 0.1) is 11.6 Å². The lowest BCUT2D eigenvalue weighted by Gasteiger charge is -2.33. The maximum atomic E-state index is 13.8. The predicted octanol–water partition coefficient (Wildman–Crippen LogP) is 2.72. The molecule has 2 aromatic carbocycles. The Morgan fingerprint density at radius 1 is 0.963 bits per heavy atom. The Morgan fingerprint density at radius 2 is 1.63 bits per heavy atom. The molecule has 0 saturated carbocycles. The fraction of sp³-hybridized carbons (Fsp3) is 0.211. The van der Waals surface area contributed by atoms with Gasteiger partial charge in [-0.1, -0.05) is 30.3 Å². The van der Waals surface area contributed by atoms with Crippen molar-refractivity contribution in [3.63, 3.8) is 0 Å². The third-order valence-electron chi connectivity index (χ3n) is 4.28. The van der Waals surface area contributed by atoms with Gasteiger partial charge in [-0.2, -0.15) is 4.31 Å². The number of carbonyl (C=O) groups excluding carboxylic acids is 1. The minimum Gasteiger partial charge on any atom is -0.336 e. The Balaban J connectivity index is 1.65. The topological polar surface area (TPSA) is 57.7 Å². The van der Waals surface area contributed by atoms with Crippen LogP contribution in [0.25, 0.3) is 6.08 Å². The summed E-state index contributed by atoms with van der Waals surface area (Å²) >= 11 is 0. The highest BCUT2D eigenvalue weighted by Gasteiger charge is 2.29. The SMILES string of the molecule is O=C(c1cc(F)ccc1F)N1CCN(S(=O)(=O)/C=C/c2ccccc2)CC1. The number of hydrogen-bond donors (Lipinski definition) is 0. The molecule has 142 valence electrons. The fourth-order valence-electron chi connectivity index (χ4n) is 2.79. The second-order valence-corrected chi connectivity index (χ2v) is 7.89. The number of carbonyl (C=O) groups is 1. The first-order valence-electron chi connectivity index (χ1n) is 8.34. The molecule has 27 heavy (non-hydrogen) atoms. The molecule has 0 atom stereocenters. The van der Waals surface area contributed by atoms with Gasteiger partial charge in [0.15, 0.2) is 0 Å². The summed E-state index contributed by atoms with van der Waals surface area (Å²) < 4.78 is 53.2. The molecular formula is C19H18F2N2O3S. The second-order valence-electron chi connectivity index (χ2n) is 6.07. The van der Waals surface area contributed by atoms with Crippen LogP contribution in [0.4, 0.5) is 8.78 Å². The molecule has 0 spiro atoms. The monoisotopic (exact) mass is 392 g/mol. The van der Waals surface area contributed by atoms with Crippen LogP contribution < -0.4 is 0 Å². The third kappa shape index (κ3) is 4.58. The van der Waals surface area contributed by atoms with Gasteiger partial charge in [-0.15, -0.1) is 0 Å². The molecule has 3 rings (SSSR count). The van der Waals surface area contributed by atoms with E-state index in [0.717, 1.165) is 29.2 Å². The summed E-state index contributed by atoms with van der Waals surface area (Å²) in [6.07, 6.45) is 1.51. The molecule has 0 aliphatic carbocycles. The van der Waals surface area contributed by atoms with E-state index >= 15 is 0 Å². The van der Waals surface area contributed by atoms with Gasteiger partial charge < -0.3 is 4.90 Å². The number of rotatable bonds is 4. The molecule has 0 unspecified atom stereocenters. The van der Waals surface area contributed by atoms with E-state index in [2.05, 4.69) is 0 Å². The molecule has 0 N–H and O–H groups in total. The zero-order valence-electron chi connectivity index (χ0n) is 14.4. The van der Waals surface area contributed by atoms with Gasteiger partial charge in [0.25, 0.3) is 5.91 Å². The third-order valence-corrected chi connectivity index (χ3v) is 5.84. The molecule has 1 heterocycles. The average Bonchev–Trinajstić information content (AvgIpc) is 2.69. The van der Waals surface area contributed by atoms with Crippen molar-refractivity contribution < 1.29 is 22.0 Å². The highest BCUT2D eigenvalue weighted by atomic mass is 32.2. The quantitative estimate of drug-likeness (QED) is 0.804. The maximum absolute atomic E-state index is 13.8. The molecule has 8 heteroatoms. The number of piperazine rings is 1. The van der Waals surface area contributed by atoms with Crippen LogP contribution in [-0.4, -0.2) is 49.7 Å². The summed E-state index contributed by atoms with van der Waals surface area (Å²) in [5.41, 5.74) is 0.409. The van der Waals surface area contributed by atoms with Gasteiger partial charge in [0, 0.05) is 31.6 Å². The Labute approximate surface area is 156 Å². The second kappa shape index (κ2) is 7.98. The van der Waals surface area contributed by atoms with E-state index in [0.29, 0.717) is 0 Å². The van der Waals surface area contributed by atoms with Crippen molar-refractivity contribution in [3.05, 3.63) is 76.7 Å². The molecule has 1 aliphatic rings. The standard InChI is InChI=1S/C19H18F2N2O3S/c20-16-6-7-18(21)17(14-16)19(24)22-9-11-23(12-10-22)27(25,26)13-8-15-4-2-1-3-5-15/h1-8,13-14H,9-12H2/b13-8+. The molecule has 0 radical (unpaired) electrons. The average molecular weight is 392 g/mol. The maximum Gasteiger partial charge on any atom is 0.257 e. The van der Waals surface area contributed by atoms with Crippen LogP contribution in [0.3, 0.4) is 0 Å². The number of hydrogen-bond acceptors (Lipinski definition) is 3. The van der Waals surface area contributed by atoms with E-state index in [9.17, 15) is 22.0 Å². The summed E-state index contributed by atoms with van der Waals surface area (Å²) in [7, 11) is -3.63. The van der Waals surface area contributed by atoms with Crippen molar-refractivity contribution in [2.24, 2.45) is 0 Å². The summed E-state index contributed by atoms with van der Waals surface area (Å²) in [4.78, 5) is 13.7. The van der Waals surface area contributed by atoms with Crippen LogP contribution in [-0.2, 0) is 10.0 Å². The van der Waals surface area contributed by atoms with Gasteiger partial charge in [-0.25, -0.2) is 17.2 Å². The lowest BCUT2D eigenvalue weighted by atomic mass is 10.1. The highest BCUT2D eigenvalue weighted by molar-refractivity contribution is 7.92. The molecule has 1 saturated heterocycles. The van der Waals surface area contributed by atoms with Crippen molar-refractivity contribution in [1.82, 2.24) is 9.21 Å². The first kappa shape index (κ1) is 19.2. The van der Waals surface area contributed by atoms with Crippen molar-refractivity contribution >= 4 is 22.0 Å². The zero-order chi connectivity index (χ0) is 19.4. The van der Waals surface area contributed by atoms with Crippen LogP contribution in [0.5, 0.6) is 0 Å². The number of benzene rings is 2. The van der Waals surface area contributed by atoms with E-state index in [1.807, 2.05) is 18.2 Å². The zero-order valence-corrected chi connectivity index (χ0v) is 15.2. The molecule has 0 bridgehead atoms. The normalized spacial score (nSPS) is 16.0. The molecule has 0 aromatic heterocycles. The minimum absolute atomic E-state index is 0.0874. The Hall–Kier alpha value is -2.58. The molecule has 5 nitrogen and oxygen atoms in total. The van der Waals surface area contributed by atoms with Crippen molar-refractivity contribution in [1.29, 1.82) is 0 Å². The van der Waals surface area contributed by atoms with Gasteiger partial charge in [0.1, 0.15) is 11.6 Å². The summed E-state index contributed by atoms with van der Waals surface area (Å²) in [5.74, 6) is -2.15. The number of halogens is 2. The Kier molecular flexibility index (Phi) is 5.67. The largest absolute Gasteiger partial charge is 0.336 e. The van der Waals surface area contributed by atoms with Crippen molar-refractivity contribution in [3.8, 4) is 0 Å². The van der Waals surface area contributed by atoms with Gasteiger partial charge in [-0.05, 0) is 29.8 Å². The van der Waals surface area contributed by atoms with Crippen LogP contribution in [0.1, 0.15) is 15.9 Å². The molecule has 2 aromatic rings. The smallest absolute Gasteiger partial charge is 0.257 e. The number of nitrogens with zero attached hydrogens (tertiary/aromatic N) is 2. The van der Waals surface area contributed by atoms with E-state index in [-0.39, 0.29) is 31.7 Å². The van der Waals surface area contributed by atoms with Crippen molar-refractivity contribution in [2.45, 2.75) is 0 Å². The van der Waals surface area contributed by atoms with Crippen LogP contribution in [0.15, 0.2) is 53.9 Å². The molecule has 1 fully saturated rings. The van der Waals surface area contributed by atoms with E-state index in [1.165, 1.54) is 15.3 Å². The summed E-state index contributed by atoms with van der Waals surface area (Å²) in [5, 5.41) is 1.13. The summed E-state index contributed by atoms with van der Waals surface area (Å²) in [6, 6.07) is 11.7. The first-order chi connectivity index (χ1) is 12.9. The molecular weight excluding hydrogens is 374 g/mol. The Morgan fingerprint density at radius 3 is 2.30 bits per heavy atom. The van der Waals surface area contributed by atoms with E-state index in [1.54, 1.807) is 12.1 Å². The predicted molar refractivity (Wildman–Crippen MR) is 98.2 cm³/mol. The lowest BCUT2D eigenvalue weighted by Crippen LogP contribution is -2.50. The van der Waals surface area contributed by atoms with Gasteiger partial charge in [0.2, 0.25) is 10.0 Å². The lowest BCUT2D eigenvalue weighted by molar-refractivity contribution is 0.0693. The van der Waals surface area contributed by atoms with Crippen molar-refractivity contribution in [2.75, 3.05) is 26.2 Å². The fourth-order valence-corrected chi connectivity index (χ4v) is 3.97. The first-order valence-corrected chi connectivity index (χ1v) is 9.85. The number of amides is 1. The summed E-state index contributed by atoms with van der Waals surface area (Å²) in [6.45, 7) is 0.384. The molecule has 1 amide bonds. The highest BCUT2D eigenvalue weighted by Crippen LogP contribution is 2.16. The minimum atomic E-state index is -3.63.